The molecule has 366 valence electrons. The number of fused-ring (bicyclic) bond motifs is 4. The molecule has 1 aromatic carbocycles. The summed E-state index contributed by atoms with van der Waals surface area (Å²) < 4.78 is 75.0. The Morgan fingerprint density at radius 2 is 1.39 bits per heavy atom. The van der Waals surface area contributed by atoms with Crippen molar-refractivity contribution in [3.63, 3.8) is 0 Å². The molecule has 5 amide bonds. The zero-order chi connectivity index (χ0) is 48.4. The van der Waals surface area contributed by atoms with Gasteiger partial charge < -0.3 is 51.7 Å². The van der Waals surface area contributed by atoms with E-state index in [1.807, 2.05) is 0 Å². The fraction of sp³-hybridized carbons (Fsp3) is 0.474. The van der Waals surface area contributed by atoms with Crippen LogP contribution in [0.25, 0.3) is 22.3 Å². The maximum Gasteiger partial charge on any atom is 0.697 e. The minimum absolute atomic E-state index is 0.0153. The number of ether oxygens (including phenoxy) is 4. The van der Waals surface area contributed by atoms with Crippen LogP contribution in [0.4, 0.5) is 31.7 Å². The topological polar surface area (TPSA) is 376 Å². The Kier molecular flexibility index (Phi) is 16.0. The molecule has 0 spiro atoms. The average molecular weight is 1000 g/mol. The summed E-state index contributed by atoms with van der Waals surface area (Å²) in [6.07, 6.45) is 0.244. The van der Waals surface area contributed by atoms with Gasteiger partial charge in [0, 0.05) is 34.2 Å². The molecule has 69 heavy (non-hydrogen) atoms. The molecular weight excluding hydrogens is 952 g/mol. The van der Waals surface area contributed by atoms with E-state index in [4.69, 9.17) is 48.5 Å². The van der Waals surface area contributed by atoms with Gasteiger partial charge in [-0.05, 0) is 37.6 Å². The van der Waals surface area contributed by atoms with Gasteiger partial charge in [0.1, 0.15) is 81.5 Å². The Bertz CT molecular complexity index is 2680. The van der Waals surface area contributed by atoms with Crippen LogP contribution in [-0.2, 0) is 57.6 Å². The van der Waals surface area contributed by atoms with Gasteiger partial charge in [0.15, 0.2) is 28.4 Å². The third kappa shape index (κ3) is 12.3. The van der Waals surface area contributed by atoms with Crippen LogP contribution in [0.15, 0.2) is 49.6 Å². The van der Waals surface area contributed by atoms with Crippen LogP contribution in [0.5, 0.6) is 0 Å². The Labute approximate surface area is 392 Å². The molecule has 9 N–H and O–H groups in total. The zero-order valence-corrected chi connectivity index (χ0v) is 38.4. The highest BCUT2D eigenvalue weighted by molar-refractivity contribution is 7.33. The summed E-state index contributed by atoms with van der Waals surface area (Å²) >= 11 is 0. The number of urea groups is 1. The van der Waals surface area contributed by atoms with E-state index < -0.39 is 77.6 Å². The molecule has 0 bridgehead atoms. The number of nitrogens with one attached hydrogen (secondary N) is 5. The number of aromatic nitrogens is 8. The highest BCUT2D eigenvalue weighted by Crippen LogP contribution is 2.44. The van der Waals surface area contributed by atoms with Crippen LogP contribution in [0, 0.1) is 0 Å². The van der Waals surface area contributed by atoms with Crippen LogP contribution in [-0.4, -0.2) is 134 Å². The molecule has 3 saturated heterocycles. The summed E-state index contributed by atoms with van der Waals surface area (Å²) in [5.41, 5.74) is 13.4. The number of nitrogen functional groups attached to an aromatic ring is 1. The standard InChI is InChI=1S/C38H45N15O14P2/c1-41-22(3-2-8-42-36(40)55)35(54)50-21-6-4-20(5-7-21)13-61-37(56)43-9-10-60-38(57)51-32-30-34(47-17-45-32)53(19-49-30)28-12-24-26(65-28)15-63-68(58)66-23-11-27(64-25(23)14-62-69(59)67-24)52-18-48-29-31(39)44-16-46-33(29)52/h4-7,16-19,22-28,41H,2-3,8-15H2,1H3,(H6-2,39,40,42,43,44,45,46,47,50,51,54,55,56,57)/p+2/t22-,23-,24-,25+,26+,27+,28+/m0/s1. The lowest BCUT2D eigenvalue weighted by Crippen LogP contribution is -2.39. The summed E-state index contributed by atoms with van der Waals surface area (Å²) in [7, 11) is -3.75. The second-order valence-corrected chi connectivity index (χ2v) is 17.2. The summed E-state index contributed by atoms with van der Waals surface area (Å²) in [5, 5.41) is 13.2. The fourth-order valence-corrected chi connectivity index (χ4v) is 9.06. The number of hydrogen-bond acceptors (Lipinski definition) is 22. The second kappa shape index (κ2) is 22.6. The van der Waals surface area contributed by atoms with Crippen molar-refractivity contribution < 1.29 is 65.4 Å². The smallest absolute Gasteiger partial charge is 0.447 e. The number of hydrogen-bond donors (Lipinski definition) is 7. The van der Waals surface area contributed by atoms with Gasteiger partial charge >= 0.3 is 34.7 Å². The van der Waals surface area contributed by atoms with Crippen molar-refractivity contribution >= 4 is 80.3 Å². The Balaban J connectivity index is 0.773. The van der Waals surface area contributed by atoms with E-state index in [0.29, 0.717) is 41.8 Å². The number of rotatable bonds is 15. The van der Waals surface area contributed by atoms with Crippen LogP contribution in [0.2, 0.25) is 0 Å². The Hall–Kier alpha value is -6.68. The monoisotopic (exact) mass is 999 g/mol. The molecule has 7 heterocycles. The molecule has 2 unspecified atom stereocenters. The van der Waals surface area contributed by atoms with Crippen LogP contribution in [0.1, 0.15) is 43.7 Å². The molecule has 9 atom stereocenters. The Morgan fingerprint density at radius 3 is 2.03 bits per heavy atom. The molecule has 8 rings (SSSR count). The molecular formula is C38H47N15O14P2+2. The first kappa shape index (κ1) is 48.8. The Morgan fingerprint density at radius 1 is 0.768 bits per heavy atom. The maximum atomic E-state index is 13.1. The van der Waals surface area contributed by atoms with Crippen molar-refractivity contribution in [1.82, 2.24) is 55.0 Å². The van der Waals surface area contributed by atoms with Crippen LogP contribution < -0.4 is 38.1 Å². The lowest BCUT2D eigenvalue weighted by Gasteiger charge is -2.16. The number of amides is 5. The summed E-state index contributed by atoms with van der Waals surface area (Å²) in [6.45, 7) is -0.527. The quantitative estimate of drug-likeness (QED) is 0.0585. The first-order chi connectivity index (χ1) is 33.4. The molecule has 3 fully saturated rings. The third-order valence-corrected chi connectivity index (χ3v) is 12.5. The molecule has 4 aromatic heterocycles. The molecule has 0 radical (unpaired) electrons. The molecule has 3 aliphatic heterocycles. The minimum Gasteiger partial charge on any atom is -0.447 e. The SMILES string of the molecule is CN[C@@H](CCCNC(N)=O)C(=O)Nc1ccc(COC(=O)NCCOC(=O)Nc2ncnc3c2ncn3[C@H]2C[C@@H]3O[P+](=O)OC[C@H]4O[C@@H](n5cnc6c(N)ncnc65)C[C@@H]4O[P+](=O)OC[C@H]3O2)cc1. The van der Waals surface area contributed by atoms with E-state index in [1.54, 1.807) is 40.4 Å². The number of nitrogens with zero attached hydrogens (tertiary/aromatic N) is 8. The van der Waals surface area contributed by atoms with Crippen molar-refractivity contribution in [2.45, 2.75) is 75.2 Å². The van der Waals surface area contributed by atoms with Crippen molar-refractivity contribution in [2.24, 2.45) is 5.73 Å². The van der Waals surface area contributed by atoms with E-state index in [-0.39, 0.29) is 74.5 Å². The molecule has 5 aromatic rings. The number of likely N-dealkylation sites (N-methyl/N-ethyl adjacent to an activating group) is 1. The number of alkyl carbamates (subject to hydrolysis) is 1. The first-order valence-electron chi connectivity index (χ1n) is 21.3. The fourth-order valence-electron chi connectivity index (χ4n) is 7.52. The largest absolute Gasteiger partial charge is 0.697 e. The number of primary amides is 1. The number of benzene rings is 1. The average Bonchev–Trinajstić information content (AvgIpc) is 4.14. The van der Waals surface area contributed by atoms with E-state index in [9.17, 15) is 28.3 Å². The highest BCUT2D eigenvalue weighted by Gasteiger charge is 2.50. The molecule has 29 nitrogen and oxygen atoms in total. The predicted molar refractivity (Wildman–Crippen MR) is 237 cm³/mol. The van der Waals surface area contributed by atoms with E-state index in [2.05, 4.69) is 56.5 Å². The third-order valence-electron chi connectivity index (χ3n) is 10.9. The number of nitrogens with two attached hydrogens (primary N) is 2. The van der Waals surface area contributed by atoms with Crippen LogP contribution >= 0.6 is 16.5 Å². The predicted octanol–water partition coefficient (Wildman–Crippen LogP) is 2.41. The summed E-state index contributed by atoms with van der Waals surface area (Å²) in [5.74, 6) is -0.0458. The van der Waals surface area contributed by atoms with Crippen molar-refractivity contribution in [2.75, 3.05) is 56.3 Å². The van der Waals surface area contributed by atoms with Gasteiger partial charge in [0.25, 0.3) is 0 Å². The van der Waals surface area contributed by atoms with Gasteiger partial charge in [0.2, 0.25) is 5.91 Å². The summed E-state index contributed by atoms with van der Waals surface area (Å²) in [6, 6.07) is 5.59. The van der Waals surface area contributed by atoms with Crippen molar-refractivity contribution in [1.29, 1.82) is 0 Å². The van der Waals surface area contributed by atoms with Gasteiger partial charge in [-0.2, -0.15) is 0 Å². The van der Waals surface area contributed by atoms with E-state index in [1.165, 1.54) is 25.3 Å². The van der Waals surface area contributed by atoms with Crippen molar-refractivity contribution in [3.8, 4) is 0 Å². The van der Waals surface area contributed by atoms with E-state index >= 15 is 0 Å². The second-order valence-electron chi connectivity index (χ2n) is 15.4. The number of carbonyl (C=O) groups excluding carboxylic acids is 4. The zero-order valence-electron chi connectivity index (χ0n) is 36.6. The molecule has 0 aliphatic carbocycles. The van der Waals surface area contributed by atoms with E-state index in [0.717, 1.165) is 0 Å². The minimum atomic E-state index is -2.71. The van der Waals surface area contributed by atoms with Gasteiger partial charge in [0.05, 0.1) is 25.2 Å². The van der Waals surface area contributed by atoms with Gasteiger partial charge in [-0.15, -0.1) is 18.1 Å². The van der Waals surface area contributed by atoms with Gasteiger partial charge in [-0.1, -0.05) is 12.1 Å². The van der Waals surface area contributed by atoms with Crippen LogP contribution in [0.3, 0.4) is 0 Å². The van der Waals surface area contributed by atoms with Gasteiger partial charge in [-0.3, -0.25) is 19.2 Å². The number of carbonyl (C=O) groups is 4. The lowest BCUT2D eigenvalue weighted by atomic mass is 10.1. The number of anilines is 3. The molecule has 3 aliphatic rings. The molecule has 31 heteroatoms. The van der Waals surface area contributed by atoms with Gasteiger partial charge in [-0.25, -0.2) is 44.3 Å². The lowest BCUT2D eigenvalue weighted by molar-refractivity contribution is -0.118. The normalized spacial score (nSPS) is 23.2. The summed E-state index contributed by atoms with van der Waals surface area (Å²) in [4.78, 5) is 73.8. The molecule has 0 saturated carbocycles. The number of imidazole rings is 2. The highest BCUT2D eigenvalue weighted by atomic mass is 31.1. The first-order valence-corrected chi connectivity index (χ1v) is 23.5. The maximum absolute atomic E-state index is 13.1. The van der Waals surface area contributed by atoms with Crippen molar-refractivity contribution in [3.05, 3.63) is 55.1 Å².